The Labute approximate surface area is 94.1 Å². The lowest BCUT2D eigenvalue weighted by Crippen LogP contribution is -2.35. The minimum atomic E-state index is 0.222. The van der Waals surface area contributed by atoms with Gasteiger partial charge in [-0.2, -0.15) is 0 Å². The summed E-state index contributed by atoms with van der Waals surface area (Å²) in [6.45, 7) is 2.60. The zero-order chi connectivity index (χ0) is 11.4. The summed E-state index contributed by atoms with van der Waals surface area (Å²) in [6, 6.07) is 7.93. The summed E-state index contributed by atoms with van der Waals surface area (Å²) in [5.41, 5.74) is 6.62. The van der Waals surface area contributed by atoms with Gasteiger partial charge in [0.05, 0.1) is 6.54 Å². The van der Waals surface area contributed by atoms with Gasteiger partial charge in [-0.1, -0.05) is 23.4 Å². The van der Waals surface area contributed by atoms with Crippen molar-refractivity contribution in [2.75, 3.05) is 19.7 Å². The molecule has 0 saturated carbocycles. The van der Waals surface area contributed by atoms with E-state index in [4.69, 9.17) is 15.7 Å². The number of amidine groups is 1. The van der Waals surface area contributed by atoms with Gasteiger partial charge in [-0.15, -0.1) is 0 Å². The third kappa shape index (κ3) is 2.43. The van der Waals surface area contributed by atoms with Gasteiger partial charge in [-0.05, 0) is 6.07 Å². The summed E-state index contributed by atoms with van der Waals surface area (Å²) in [5.74, 6) is 1.14. The molecule has 0 saturated heterocycles. The third-order valence-electron chi connectivity index (χ3n) is 2.55. The largest absolute Gasteiger partial charge is 0.492 e. The third-order valence-corrected chi connectivity index (χ3v) is 2.55. The fourth-order valence-electron chi connectivity index (χ4n) is 1.78. The molecular weight excluding hydrogens is 206 g/mol. The summed E-state index contributed by atoms with van der Waals surface area (Å²) in [6.07, 6.45) is 0. The van der Waals surface area contributed by atoms with Crippen molar-refractivity contribution in [1.29, 1.82) is 0 Å². The monoisotopic (exact) mass is 221 g/mol. The van der Waals surface area contributed by atoms with Gasteiger partial charge < -0.3 is 15.7 Å². The topological polar surface area (TPSA) is 71.1 Å². The molecule has 0 unspecified atom stereocenters. The molecule has 16 heavy (non-hydrogen) atoms. The number of ether oxygens (including phenoxy) is 1. The van der Waals surface area contributed by atoms with Crippen molar-refractivity contribution >= 4 is 5.84 Å². The van der Waals surface area contributed by atoms with E-state index in [1.165, 1.54) is 0 Å². The van der Waals surface area contributed by atoms with Crippen LogP contribution >= 0.6 is 0 Å². The molecule has 2 rings (SSSR count). The van der Waals surface area contributed by atoms with Crippen molar-refractivity contribution in [3.63, 3.8) is 0 Å². The first-order valence-electron chi connectivity index (χ1n) is 5.19. The molecule has 86 valence electrons. The van der Waals surface area contributed by atoms with Crippen LogP contribution in [-0.4, -0.2) is 35.6 Å². The molecule has 5 nitrogen and oxygen atoms in total. The van der Waals surface area contributed by atoms with Crippen molar-refractivity contribution in [2.45, 2.75) is 6.54 Å². The van der Waals surface area contributed by atoms with E-state index in [9.17, 15) is 0 Å². The molecule has 1 aromatic rings. The van der Waals surface area contributed by atoms with E-state index in [0.29, 0.717) is 13.2 Å². The van der Waals surface area contributed by atoms with E-state index < -0.39 is 0 Å². The van der Waals surface area contributed by atoms with Gasteiger partial charge in [-0.25, -0.2) is 0 Å². The summed E-state index contributed by atoms with van der Waals surface area (Å²) in [7, 11) is 0. The van der Waals surface area contributed by atoms with Gasteiger partial charge in [0.1, 0.15) is 12.4 Å². The van der Waals surface area contributed by atoms with E-state index in [1.54, 1.807) is 0 Å². The van der Waals surface area contributed by atoms with Crippen molar-refractivity contribution < 1.29 is 9.94 Å². The quantitative estimate of drug-likeness (QED) is 0.332. The highest BCUT2D eigenvalue weighted by Crippen LogP contribution is 2.21. The molecule has 0 atom stereocenters. The van der Waals surface area contributed by atoms with Gasteiger partial charge >= 0.3 is 0 Å². The molecule has 0 aliphatic carbocycles. The van der Waals surface area contributed by atoms with Crippen LogP contribution in [-0.2, 0) is 6.54 Å². The maximum Gasteiger partial charge on any atom is 0.153 e. The lowest BCUT2D eigenvalue weighted by atomic mass is 10.2. The number of hydrogen-bond acceptors (Lipinski definition) is 4. The number of hydrogen-bond donors (Lipinski definition) is 2. The first-order valence-corrected chi connectivity index (χ1v) is 5.19. The van der Waals surface area contributed by atoms with Crippen LogP contribution in [0.1, 0.15) is 5.56 Å². The molecular formula is C11H15N3O2. The van der Waals surface area contributed by atoms with Gasteiger partial charge in [0.2, 0.25) is 0 Å². The predicted octanol–water partition coefficient (Wildman–Crippen LogP) is 0.627. The Morgan fingerprint density at radius 3 is 3.12 bits per heavy atom. The second-order valence-corrected chi connectivity index (χ2v) is 3.76. The molecule has 0 aromatic heterocycles. The normalized spacial score (nSPS) is 17.4. The van der Waals surface area contributed by atoms with Crippen molar-refractivity contribution in [3.8, 4) is 5.75 Å². The number of nitrogens with two attached hydrogens (primary N) is 1. The smallest absolute Gasteiger partial charge is 0.153 e. The first kappa shape index (κ1) is 10.8. The average molecular weight is 221 g/mol. The summed E-state index contributed by atoms with van der Waals surface area (Å²) < 4.78 is 5.61. The molecule has 0 radical (unpaired) electrons. The van der Waals surface area contributed by atoms with E-state index in [1.807, 2.05) is 24.3 Å². The SMILES string of the molecule is NC(CN1CCOc2ccccc2C1)=NO. The zero-order valence-electron chi connectivity index (χ0n) is 8.97. The number of rotatable bonds is 2. The van der Waals surface area contributed by atoms with E-state index in [2.05, 4.69) is 10.1 Å². The predicted molar refractivity (Wildman–Crippen MR) is 60.6 cm³/mol. The van der Waals surface area contributed by atoms with Crippen molar-refractivity contribution in [3.05, 3.63) is 29.8 Å². The number of nitrogens with zero attached hydrogens (tertiary/aromatic N) is 2. The lowest BCUT2D eigenvalue weighted by Gasteiger charge is -2.17. The number of para-hydroxylation sites is 1. The van der Waals surface area contributed by atoms with E-state index >= 15 is 0 Å². The second kappa shape index (κ2) is 4.85. The van der Waals surface area contributed by atoms with Crippen molar-refractivity contribution in [1.82, 2.24) is 4.90 Å². The van der Waals surface area contributed by atoms with Crippen LogP contribution in [0.15, 0.2) is 29.4 Å². The Kier molecular flexibility index (Phi) is 3.26. The van der Waals surface area contributed by atoms with Crippen LogP contribution < -0.4 is 10.5 Å². The Morgan fingerprint density at radius 1 is 1.50 bits per heavy atom. The second-order valence-electron chi connectivity index (χ2n) is 3.76. The highest BCUT2D eigenvalue weighted by molar-refractivity contribution is 5.81. The van der Waals surface area contributed by atoms with E-state index in [-0.39, 0.29) is 5.84 Å². The lowest BCUT2D eigenvalue weighted by molar-refractivity contribution is 0.243. The minimum absolute atomic E-state index is 0.222. The Balaban J connectivity index is 2.10. The van der Waals surface area contributed by atoms with Crippen LogP contribution in [0.3, 0.4) is 0 Å². The van der Waals surface area contributed by atoms with Crippen LogP contribution in [0.4, 0.5) is 0 Å². The minimum Gasteiger partial charge on any atom is -0.492 e. The maximum atomic E-state index is 8.54. The molecule has 3 N–H and O–H groups in total. The van der Waals surface area contributed by atoms with Crippen LogP contribution in [0.5, 0.6) is 5.75 Å². The number of fused-ring (bicyclic) bond motifs is 1. The Bertz CT molecular complexity index is 393. The molecule has 0 spiro atoms. The first-order chi connectivity index (χ1) is 7.79. The highest BCUT2D eigenvalue weighted by Gasteiger charge is 2.15. The molecule has 1 aliphatic heterocycles. The number of oxime groups is 1. The standard InChI is InChI=1S/C11H15N3O2/c12-11(13-15)8-14-5-6-16-10-4-2-1-3-9(10)7-14/h1-4,15H,5-8H2,(H2,12,13). The molecule has 0 fully saturated rings. The fourth-order valence-corrected chi connectivity index (χ4v) is 1.78. The molecule has 0 amide bonds. The van der Waals surface area contributed by atoms with Crippen LogP contribution in [0.25, 0.3) is 0 Å². The Hall–Kier alpha value is -1.75. The average Bonchev–Trinajstić information content (AvgIpc) is 2.50. The summed E-state index contributed by atoms with van der Waals surface area (Å²) >= 11 is 0. The molecule has 1 heterocycles. The molecule has 1 aliphatic rings. The van der Waals surface area contributed by atoms with Crippen LogP contribution in [0, 0.1) is 0 Å². The molecule has 0 bridgehead atoms. The van der Waals surface area contributed by atoms with Crippen molar-refractivity contribution in [2.24, 2.45) is 10.9 Å². The summed E-state index contributed by atoms with van der Waals surface area (Å²) in [4.78, 5) is 2.08. The fraction of sp³-hybridized carbons (Fsp3) is 0.364. The highest BCUT2D eigenvalue weighted by atomic mass is 16.5. The molecule has 1 aromatic carbocycles. The maximum absolute atomic E-state index is 8.54. The van der Waals surface area contributed by atoms with Gasteiger partial charge in [0.15, 0.2) is 5.84 Å². The molecule has 5 heteroatoms. The summed E-state index contributed by atoms with van der Waals surface area (Å²) in [5, 5.41) is 11.5. The zero-order valence-corrected chi connectivity index (χ0v) is 8.97. The van der Waals surface area contributed by atoms with E-state index in [0.717, 1.165) is 24.4 Å². The Morgan fingerprint density at radius 2 is 2.31 bits per heavy atom. The number of benzene rings is 1. The van der Waals surface area contributed by atoms with Crippen LogP contribution in [0.2, 0.25) is 0 Å². The van der Waals surface area contributed by atoms with Gasteiger partial charge in [-0.3, -0.25) is 4.90 Å². The van der Waals surface area contributed by atoms with Gasteiger partial charge in [0.25, 0.3) is 0 Å². The van der Waals surface area contributed by atoms with Gasteiger partial charge in [0, 0.05) is 18.7 Å².